The van der Waals surface area contributed by atoms with Gasteiger partial charge in [-0.3, -0.25) is 9.88 Å². The van der Waals surface area contributed by atoms with E-state index in [9.17, 15) is 5.11 Å². The Hall–Kier alpha value is -1.72. The van der Waals surface area contributed by atoms with Crippen molar-refractivity contribution in [3.63, 3.8) is 0 Å². The van der Waals surface area contributed by atoms with E-state index in [4.69, 9.17) is 4.42 Å². The van der Waals surface area contributed by atoms with Crippen molar-refractivity contribution in [2.75, 3.05) is 13.1 Å². The molecule has 23 heavy (non-hydrogen) atoms. The maximum atomic E-state index is 10.8. The molecule has 124 valence electrons. The summed E-state index contributed by atoms with van der Waals surface area (Å²) < 4.78 is 5.77. The van der Waals surface area contributed by atoms with Crippen LogP contribution in [0, 0.1) is 0 Å². The van der Waals surface area contributed by atoms with E-state index in [1.165, 1.54) is 0 Å². The summed E-state index contributed by atoms with van der Waals surface area (Å²) in [5.74, 6) is 2.06. The van der Waals surface area contributed by atoms with Crippen molar-refractivity contribution in [2.24, 2.45) is 0 Å². The first-order chi connectivity index (χ1) is 11.0. The monoisotopic (exact) mass is 315 g/mol. The number of likely N-dealkylation sites (tertiary alicyclic amines) is 1. The van der Waals surface area contributed by atoms with E-state index in [1.54, 1.807) is 6.20 Å². The van der Waals surface area contributed by atoms with E-state index >= 15 is 0 Å². The van der Waals surface area contributed by atoms with Crippen LogP contribution in [0.25, 0.3) is 0 Å². The molecule has 3 rings (SSSR count). The molecule has 2 aromatic rings. The normalized spacial score (nSPS) is 18.4. The predicted molar refractivity (Wildman–Crippen MR) is 88.0 cm³/mol. The molecule has 0 aliphatic carbocycles. The first-order valence-electron chi connectivity index (χ1n) is 8.33. The zero-order chi connectivity index (χ0) is 16.3. The second kappa shape index (κ2) is 6.81. The third-order valence-corrected chi connectivity index (χ3v) is 4.52. The van der Waals surface area contributed by atoms with E-state index in [0.29, 0.717) is 18.9 Å². The summed E-state index contributed by atoms with van der Waals surface area (Å²) in [6.45, 7) is 6.61. The molecule has 5 nitrogen and oxygen atoms in total. The molecule has 0 atom stereocenters. The molecule has 1 aliphatic heterocycles. The fourth-order valence-electron chi connectivity index (χ4n) is 3.00. The topological polar surface area (TPSA) is 62.4 Å². The molecule has 1 fully saturated rings. The number of aliphatic hydroxyl groups is 1. The molecule has 1 saturated heterocycles. The van der Waals surface area contributed by atoms with Crippen molar-refractivity contribution in [3.8, 4) is 0 Å². The van der Waals surface area contributed by atoms with E-state index in [0.717, 1.165) is 43.3 Å². The first-order valence-corrected chi connectivity index (χ1v) is 8.33. The molecule has 5 heteroatoms. The van der Waals surface area contributed by atoms with Gasteiger partial charge in [-0.15, -0.1) is 0 Å². The van der Waals surface area contributed by atoms with Gasteiger partial charge in [0.15, 0.2) is 0 Å². The van der Waals surface area contributed by atoms with Gasteiger partial charge in [-0.2, -0.15) is 0 Å². The van der Waals surface area contributed by atoms with Gasteiger partial charge in [-0.05, 0) is 25.0 Å². The number of rotatable bonds is 5. The average molecular weight is 315 g/mol. The molecular weight excluding hydrogens is 290 g/mol. The second-order valence-corrected chi connectivity index (χ2v) is 6.81. The lowest BCUT2D eigenvalue weighted by molar-refractivity contribution is -0.0247. The zero-order valence-corrected chi connectivity index (χ0v) is 13.9. The maximum absolute atomic E-state index is 10.8. The lowest BCUT2D eigenvalue weighted by Crippen LogP contribution is -2.45. The van der Waals surface area contributed by atoms with E-state index in [-0.39, 0.29) is 0 Å². The third kappa shape index (κ3) is 4.18. The van der Waals surface area contributed by atoms with Gasteiger partial charge in [0.25, 0.3) is 0 Å². The first kappa shape index (κ1) is 16.1. The number of nitrogens with zero attached hydrogens (tertiary/aromatic N) is 3. The van der Waals surface area contributed by atoms with Gasteiger partial charge in [0, 0.05) is 37.3 Å². The summed E-state index contributed by atoms with van der Waals surface area (Å²) in [6, 6.07) is 5.85. The Kier molecular flexibility index (Phi) is 4.78. The Morgan fingerprint density at radius 1 is 1.26 bits per heavy atom. The highest BCUT2D eigenvalue weighted by molar-refractivity contribution is 5.08. The number of hydrogen-bond donors (Lipinski definition) is 1. The quantitative estimate of drug-likeness (QED) is 0.919. The molecule has 0 spiro atoms. The van der Waals surface area contributed by atoms with E-state index in [2.05, 4.69) is 28.7 Å². The minimum Gasteiger partial charge on any atom is -0.444 e. The van der Waals surface area contributed by atoms with Crippen molar-refractivity contribution in [1.82, 2.24) is 14.9 Å². The molecule has 0 saturated carbocycles. The Bertz CT molecular complexity index is 616. The van der Waals surface area contributed by atoms with Gasteiger partial charge in [-0.25, -0.2) is 4.98 Å². The molecule has 0 aromatic carbocycles. The van der Waals surface area contributed by atoms with Crippen molar-refractivity contribution in [1.29, 1.82) is 0 Å². The van der Waals surface area contributed by atoms with Crippen LogP contribution in [0.2, 0.25) is 0 Å². The summed E-state index contributed by atoms with van der Waals surface area (Å²) >= 11 is 0. The molecule has 1 aliphatic rings. The van der Waals surface area contributed by atoms with E-state index in [1.807, 2.05) is 24.4 Å². The highest BCUT2D eigenvalue weighted by Gasteiger charge is 2.33. The molecule has 3 heterocycles. The van der Waals surface area contributed by atoms with Gasteiger partial charge in [0.05, 0.1) is 18.3 Å². The van der Waals surface area contributed by atoms with Crippen molar-refractivity contribution in [2.45, 2.75) is 51.2 Å². The van der Waals surface area contributed by atoms with Crippen LogP contribution in [0.1, 0.15) is 50.0 Å². The van der Waals surface area contributed by atoms with Gasteiger partial charge in [-0.1, -0.05) is 19.9 Å². The molecule has 2 aromatic heterocycles. The number of pyridine rings is 1. The highest BCUT2D eigenvalue weighted by atomic mass is 16.4. The Balaban J connectivity index is 1.53. The standard InChI is InChI=1S/C18H25N3O2/c1-14(2)16-12-20-17(23-16)13-21-9-6-18(22,7-10-21)11-15-5-3-4-8-19-15/h3-5,8,12,14,22H,6-7,9-11,13H2,1-2H3. The summed E-state index contributed by atoms with van der Waals surface area (Å²) in [6.07, 6.45) is 5.73. The smallest absolute Gasteiger partial charge is 0.208 e. The largest absolute Gasteiger partial charge is 0.444 e. The van der Waals surface area contributed by atoms with Gasteiger partial charge in [0.1, 0.15) is 5.76 Å². The maximum Gasteiger partial charge on any atom is 0.208 e. The lowest BCUT2D eigenvalue weighted by Gasteiger charge is -2.37. The molecule has 0 unspecified atom stereocenters. The summed E-state index contributed by atoms with van der Waals surface area (Å²) in [4.78, 5) is 11.0. The lowest BCUT2D eigenvalue weighted by atomic mass is 9.87. The summed E-state index contributed by atoms with van der Waals surface area (Å²) in [5, 5.41) is 10.8. The van der Waals surface area contributed by atoms with E-state index < -0.39 is 5.60 Å². The van der Waals surface area contributed by atoms with Crippen molar-refractivity contribution < 1.29 is 9.52 Å². The zero-order valence-electron chi connectivity index (χ0n) is 13.9. The molecular formula is C18H25N3O2. The van der Waals surface area contributed by atoms with Crippen LogP contribution in [0.3, 0.4) is 0 Å². The number of hydrogen-bond acceptors (Lipinski definition) is 5. The summed E-state index contributed by atoms with van der Waals surface area (Å²) in [5.41, 5.74) is 0.308. The van der Waals surface area contributed by atoms with Crippen LogP contribution in [0.15, 0.2) is 35.0 Å². The van der Waals surface area contributed by atoms with Crippen LogP contribution in [0.5, 0.6) is 0 Å². The van der Waals surface area contributed by atoms with Crippen LogP contribution < -0.4 is 0 Å². The van der Waals surface area contributed by atoms with Gasteiger partial charge in [0.2, 0.25) is 5.89 Å². The average Bonchev–Trinajstić information content (AvgIpc) is 3.00. The highest BCUT2D eigenvalue weighted by Crippen LogP contribution is 2.27. The fourth-order valence-corrected chi connectivity index (χ4v) is 3.00. The Morgan fingerprint density at radius 3 is 2.65 bits per heavy atom. The number of aromatic nitrogens is 2. The molecule has 0 bridgehead atoms. The van der Waals surface area contributed by atoms with Gasteiger partial charge < -0.3 is 9.52 Å². The molecule has 0 radical (unpaired) electrons. The Morgan fingerprint density at radius 2 is 2.04 bits per heavy atom. The third-order valence-electron chi connectivity index (χ3n) is 4.52. The predicted octanol–water partition coefficient (Wildman–Crippen LogP) is 2.76. The number of oxazole rings is 1. The minimum absolute atomic E-state index is 0.362. The SMILES string of the molecule is CC(C)c1cnc(CN2CCC(O)(Cc3ccccn3)CC2)o1. The molecule has 0 amide bonds. The Labute approximate surface area is 137 Å². The fraction of sp³-hybridized carbons (Fsp3) is 0.556. The molecule has 1 N–H and O–H groups in total. The van der Waals surface area contributed by atoms with Crippen molar-refractivity contribution >= 4 is 0 Å². The van der Waals surface area contributed by atoms with Crippen LogP contribution in [-0.2, 0) is 13.0 Å². The summed E-state index contributed by atoms with van der Waals surface area (Å²) in [7, 11) is 0. The minimum atomic E-state index is -0.648. The van der Waals surface area contributed by atoms with Crippen LogP contribution in [0.4, 0.5) is 0 Å². The second-order valence-electron chi connectivity index (χ2n) is 6.81. The van der Waals surface area contributed by atoms with Crippen molar-refractivity contribution in [3.05, 3.63) is 47.9 Å². The van der Waals surface area contributed by atoms with Crippen LogP contribution in [-0.4, -0.2) is 38.7 Å². The number of piperidine rings is 1. The van der Waals surface area contributed by atoms with Gasteiger partial charge >= 0.3 is 0 Å². The van der Waals surface area contributed by atoms with Crippen LogP contribution >= 0.6 is 0 Å².